The second-order valence-electron chi connectivity index (χ2n) is 7.76. The Hall–Kier alpha value is -2.72. The fourth-order valence-electron chi connectivity index (χ4n) is 3.81. The number of hydrogen-bond acceptors (Lipinski definition) is 8. The quantitative estimate of drug-likeness (QED) is 0.540. The third kappa shape index (κ3) is 4.56. The molecular weight excluding hydrogens is 437 g/mol. The summed E-state index contributed by atoms with van der Waals surface area (Å²) in [6, 6.07) is 8.14. The highest BCUT2D eigenvalue weighted by atomic mass is 35.5. The van der Waals surface area contributed by atoms with Crippen molar-refractivity contribution in [2.24, 2.45) is 0 Å². The van der Waals surface area contributed by atoms with Gasteiger partial charge in [-0.1, -0.05) is 17.7 Å². The average Bonchev–Trinajstić information content (AvgIpc) is 2.76. The van der Waals surface area contributed by atoms with Crippen LogP contribution in [0.2, 0.25) is 5.02 Å². The van der Waals surface area contributed by atoms with Gasteiger partial charge in [-0.05, 0) is 32.2 Å². The third-order valence-corrected chi connectivity index (χ3v) is 5.82. The van der Waals surface area contributed by atoms with Crippen molar-refractivity contribution in [1.82, 2.24) is 19.8 Å². The largest absolute Gasteiger partial charge is 0.493 e. The van der Waals surface area contributed by atoms with Gasteiger partial charge in [-0.15, -0.1) is 0 Å². The number of anilines is 2. The zero-order valence-corrected chi connectivity index (χ0v) is 18.8. The lowest BCUT2D eigenvalue weighted by atomic mass is 10.2. The van der Waals surface area contributed by atoms with E-state index in [1.54, 1.807) is 24.3 Å². The van der Waals surface area contributed by atoms with Crippen molar-refractivity contribution in [2.75, 3.05) is 39.1 Å². The lowest BCUT2D eigenvalue weighted by Crippen LogP contribution is -2.55. The van der Waals surface area contributed by atoms with Crippen LogP contribution < -0.4 is 14.8 Å². The topological polar surface area (TPSA) is 83.0 Å². The predicted octanol–water partition coefficient (Wildman–Crippen LogP) is 3.47. The summed E-state index contributed by atoms with van der Waals surface area (Å²) < 4.78 is 25.8. The Kier molecular flexibility index (Phi) is 6.61. The van der Waals surface area contributed by atoms with Crippen LogP contribution in [0.25, 0.3) is 10.9 Å². The van der Waals surface area contributed by atoms with E-state index in [0.717, 1.165) is 13.1 Å². The Labute approximate surface area is 190 Å². The van der Waals surface area contributed by atoms with Gasteiger partial charge in [-0.2, -0.15) is 0 Å². The molecule has 4 rings (SSSR count). The van der Waals surface area contributed by atoms with Gasteiger partial charge in [-0.25, -0.2) is 19.3 Å². The molecule has 1 fully saturated rings. The maximum absolute atomic E-state index is 14.4. The van der Waals surface area contributed by atoms with Crippen LogP contribution in [0.4, 0.5) is 15.9 Å². The fourth-order valence-corrected chi connectivity index (χ4v) is 3.98. The van der Waals surface area contributed by atoms with Crippen molar-refractivity contribution in [1.29, 1.82) is 0 Å². The zero-order valence-electron chi connectivity index (χ0n) is 18.0. The summed E-state index contributed by atoms with van der Waals surface area (Å²) >= 11 is 5.90. The number of aliphatic hydroxyl groups excluding tert-OH is 1. The molecular formula is C22H25ClFN5O3. The number of hydrogen-bond donors (Lipinski definition) is 2. The molecule has 0 bridgehead atoms. The molecule has 8 nitrogen and oxygen atoms in total. The van der Waals surface area contributed by atoms with Crippen LogP contribution in [0.5, 0.6) is 11.5 Å². The summed E-state index contributed by atoms with van der Waals surface area (Å²) in [5.74, 6) is 0.525. The minimum absolute atomic E-state index is 0.00321. The fraction of sp³-hybridized carbons (Fsp3) is 0.364. The molecule has 0 spiro atoms. The number of aliphatic hydroxyl groups is 1. The maximum atomic E-state index is 14.4. The van der Waals surface area contributed by atoms with Gasteiger partial charge in [0.05, 0.1) is 23.3 Å². The van der Waals surface area contributed by atoms with Crippen molar-refractivity contribution in [3.63, 3.8) is 0 Å². The zero-order chi connectivity index (χ0) is 22.8. The Bertz CT molecular complexity index is 1120. The first kappa shape index (κ1) is 22.5. The van der Waals surface area contributed by atoms with E-state index in [9.17, 15) is 9.50 Å². The molecule has 2 heterocycles. The first-order valence-corrected chi connectivity index (χ1v) is 10.6. The van der Waals surface area contributed by atoms with Crippen LogP contribution in [0.3, 0.4) is 0 Å². The van der Waals surface area contributed by atoms with E-state index in [-0.39, 0.29) is 16.8 Å². The minimum Gasteiger partial charge on any atom is -0.493 e. The minimum atomic E-state index is -1.16. The van der Waals surface area contributed by atoms with E-state index in [4.69, 9.17) is 21.1 Å². The molecule has 1 aromatic heterocycles. The van der Waals surface area contributed by atoms with Crippen molar-refractivity contribution < 1.29 is 19.0 Å². The molecule has 10 heteroatoms. The summed E-state index contributed by atoms with van der Waals surface area (Å²) in [4.78, 5) is 12.6. The molecule has 0 saturated carbocycles. The summed E-state index contributed by atoms with van der Waals surface area (Å²) in [5, 5.41) is 14.3. The molecule has 1 aliphatic rings. The Morgan fingerprint density at radius 2 is 2.06 bits per heavy atom. The molecule has 3 aromatic rings. The lowest BCUT2D eigenvalue weighted by molar-refractivity contribution is -0.162. The molecule has 0 radical (unpaired) electrons. The number of benzene rings is 2. The number of likely N-dealkylation sites (N-methyl/N-ethyl adjacent to an activating group) is 1. The number of methoxy groups -OCH3 is 1. The van der Waals surface area contributed by atoms with Crippen molar-refractivity contribution in [3.05, 3.63) is 47.5 Å². The molecule has 0 aliphatic carbocycles. The van der Waals surface area contributed by atoms with Crippen LogP contribution in [0.1, 0.15) is 6.92 Å². The van der Waals surface area contributed by atoms with Crippen LogP contribution >= 0.6 is 11.6 Å². The van der Waals surface area contributed by atoms with Gasteiger partial charge in [0.2, 0.25) is 0 Å². The highest BCUT2D eigenvalue weighted by Crippen LogP contribution is 2.36. The second-order valence-corrected chi connectivity index (χ2v) is 8.17. The van der Waals surface area contributed by atoms with Crippen LogP contribution in [0, 0.1) is 5.82 Å². The van der Waals surface area contributed by atoms with Gasteiger partial charge in [0.1, 0.15) is 12.1 Å². The number of rotatable bonds is 6. The molecule has 2 atom stereocenters. The van der Waals surface area contributed by atoms with E-state index < -0.39 is 12.2 Å². The average molecular weight is 462 g/mol. The number of ether oxygens (including phenoxy) is 2. The molecule has 2 N–H and O–H groups in total. The summed E-state index contributed by atoms with van der Waals surface area (Å²) in [7, 11) is 3.56. The van der Waals surface area contributed by atoms with Gasteiger partial charge in [-0.3, -0.25) is 0 Å². The monoisotopic (exact) mass is 461 g/mol. The molecule has 1 saturated heterocycles. The summed E-state index contributed by atoms with van der Waals surface area (Å²) in [6.45, 7) is 4.35. The first-order valence-electron chi connectivity index (χ1n) is 10.2. The smallest absolute Gasteiger partial charge is 0.260 e. The number of nitrogens with zero attached hydrogens (tertiary/aromatic N) is 4. The second kappa shape index (κ2) is 9.41. The number of aromatic nitrogens is 2. The highest BCUT2D eigenvalue weighted by Gasteiger charge is 2.29. The summed E-state index contributed by atoms with van der Waals surface area (Å²) in [6.07, 6.45) is 0.213. The Morgan fingerprint density at radius 3 is 2.81 bits per heavy atom. The Balaban J connectivity index is 1.67. The van der Waals surface area contributed by atoms with E-state index >= 15 is 0 Å². The van der Waals surface area contributed by atoms with Crippen LogP contribution in [-0.2, 0) is 0 Å². The third-order valence-electron chi connectivity index (χ3n) is 5.52. The van der Waals surface area contributed by atoms with Crippen LogP contribution in [0.15, 0.2) is 36.7 Å². The van der Waals surface area contributed by atoms with Gasteiger partial charge in [0.15, 0.2) is 17.3 Å². The van der Waals surface area contributed by atoms with Crippen molar-refractivity contribution in [3.8, 4) is 11.5 Å². The van der Waals surface area contributed by atoms with Gasteiger partial charge in [0, 0.05) is 37.1 Å². The molecule has 1 aliphatic heterocycles. The van der Waals surface area contributed by atoms with Crippen molar-refractivity contribution in [2.45, 2.75) is 19.4 Å². The van der Waals surface area contributed by atoms with E-state index in [1.165, 1.54) is 19.5 Å². The van der Waals surface area contributed by atoms with E-state index in [1.807, 2.05) is 18.9 Å². The van der Waals surface area contributed by atoms with Gasteiger partial charge >= 0.3 is 0 Å². The van der Waals surface area contributed by atoms with Crippen molar-refractivity contribution >= 4 is 34.0 Å². The normalized spacial score (nSPS) is 18.5. The Morgan fingerprint density at radius 1 is 1.25 bits per heavy atom. The maximum Gasteiger partial charge on any atom is 0.260 e. The SMILES string of the molecule is COc1cc2ncnc(Nc3cccc(Cl)c3F)c2cc1OC(O)N1CCN(C)C[C@H]1C. The van der Waals surface area contributed by atoms with Gasteiger partial charge in [0.25, 0.3) is 6.41 Å². The standard InChI is InChI=1S/C22H25ClFN5O3/c1-13-11-28(2)7-8-29(13)22(30)32-19-9-14-17(10-18(19)31-3)25-12-26-21(14)27-16-6-4-5-15(23)20(16)24/h4-6,9-10,12-13,22,30H,7-8,11H2,1-3H3,(H,25,26,27)/t13-,22?/m1/s1. The van der Waals surface area contributed by atoms with Gasteiger partial charge < -0.3 is 24.8 Å². The number of piperazine rings is 1. The molecule has 170 valence electrons. The van der Waals surface area contributed by atoms with E-state index in [2.05, 4.69) is 20.2 Å². The first-order chi connectivity index (χ1) is 15.4. The summed E-state index contributed by atoms with van der Waals surface area (Å²) in [5.41, 5.74) is 0.749. The number of fused-ring (bicyclic) bond motifs is 1. The van der Waals surface area contributed by atoms with E-state index in [0.29, 0.717) is 34.8 Å². The number of nitrogens with one attached hydrogen (secondary N) is 1. The molecule has 1 unspecified atom stereocenters. The lowest BCUT2D eigenvalue weighted by Gasteiger charge is -2.40. The highest BCUT2D eigenvalue weighted by molar-refractivity contribution is 6.31. The molecule has 32 heavy (non-hydrogen) atoms. The predicted molar refractivity (Wildman–Crippen MR) is 121 cm³/mol. The molecule has 2 aromatic carbocycles. The van der Waals surface area contributed by atoms with Crippen LogP contribution in [-0.4, -0.2) is 71.1 Å². The number of halogens is 2. The molecule has 0 amide bonds.